The van der Waals surface area contributed by atoms with Crippen LogP contribution >= 0.6 is 0 Å². The number of amides is 2. The number of furan rings is 1. The van der Waals surface area contributed by atoms with Gasteiger partial charge in [-0.25, -0.2) is 0 Å². The Balaban J connectivity index is 1.52. The lowest BCUT2D eigenvalue weighted by Crippen LogP contribution is -2.39. The van der Waals surface area contributed by atoms with Crippen LogP contribution in [-0.2, 0) is 16.1 Å². The van der Waals surface area contributed by atoms with Gasteiger partial charge in [0, 0.05) is 25.4 Å². The van der Waals surface area contributed by atoms with Gasteiger partial charge in [0.2, 0.25) is 11.8 Å². The summed E-state index contributed by atoms with van der Waals surface area (Å²) >= 11 is 0. The molecule has 0 unspecified atom stereocenters. The molecular weight excluding hydrogens is 344 g/mol. The zero-order valence-corrected chi connectivity index (χ0v) is 15.4. The Morgan fingerprint density at radius 1 is 1.22 bits per heavy atom. The van der Waals surface area contributed by atoms with Gasteiger partial charge in [0.1, 0.15) is 18.1 Å². The summed E-state index contributed by atoms with van der Waals surface area (Å²) in [6.07, 6.45) is 1.77. The zero-order valence-electron chi connectivity index (χ0n) is 15.4. The number of aryl methyl sites for hydroxylation is 1. The summed E-state index contributed by atoms with van der Waals surface area (Å²) in [7, 11) is 0. The highest BCUT2D eigenvalue weighted by Crippen LogP contribution is 2.29. The molecule has 0 bridgehead atoms. The zero-order chi connectivity index (χ0) is 19.0. The number of carbonyl (C=O) groups excluding carboxylic acids is 2. The lowest BCUT2D eigenvalue weighted by Gasteiger charge is -2.17. The molecule has 1 aliphatic heterocycles. The molecular formula is C20H22N4O3. The van der Waals surface area contributed by atoms with Gasteiger partial charge in [-0.2, -0.15) is 5.10 Å². The Morgan fingerprint density at radius 3 is 2.78 bits per heavy atom. The monoisotopic (exact) mass is 366 g/mol. The number of rotatable bonds is 4. The van der Waals surface area contributed by atoms with E-state index in [0.717, 1.165) is 22.4 Å². The Kier molecular flexibility index (Phi) is 4.43. The van der Waals surface area contributed by atoms with Gasteiger partial charge in [0.15, 0.2) is 0 Å². The Hall–Kier alpha value is -3.09. The summed E-state index contributed by atoms with van der Waals surface area (Å²) in [5, 5.41) is 8.30. The maximum absolute atomic E-state index is 12.9. The molecule has 0 radical (unpaired) electrons. The average molecular weight is 366 g/mol. The van der Waals surface area contributed by atoms with Crippen LogP contribution in [0.15, 0.2) is 47.0 Å². The van der Waals surface area contributed by atoms with E-state index in [-0.39, 0.29) is 30.3 Å². The lowest BCUT2D eigenvalue weighted by atomic mass is 10.0. The number of hydrogen-bond donors (Lipinski definition) is 1. The summed E-state index contributed by atoms with van der Waals surface area (Å²) in [6.45, 7) is 4.52. The third kappa shape index (κ3) is 3.45. The number of para-hydroxylation sites is 1. The topological polar surface area (TPSA) is 80.4 Å². The van der Waals surface area contributed by atoms with Crippen LogP contribution in [0.4, 0.5) is 0 Å². The molecule has 3 heterocycles. The van der Waals surface area contributed by atoms with Gasteiger partial charge >= 0.3 is 0 Å². The maximum atomic E-state index is 12.9. The molecule has 27 heavy (non-hydrogen) atoms. The number of likely N-dealkylation sites (tertiary alicyclic amines) is 1. The highest BCUT2D eigenvalue weighted by Gasteiger charge is 2.38. The smallest absolute Gasteiger partial charge is 0.244 e. The van der Waals surface area contributed by atoms with Gasteiger partial charge in [-0.05, 0) is 25.1 Å². The fourth-order valence-corrected chi connectivity index (χ4v) is 3.74. The minimum Gasteiger partial charge on any atom is -0.466 e. The largest absolute Gasteiger partial charge is 0.466 e. The highest BCUT2D eigenvalue weighted by molar-refractivity contribution is 5.82. The van der Waals surface area contributed by atoms with E-state index in [4.69, 9.17) is 4.42 Å². The molecule has 2 aromatic heterocycles. The standard InChI is InChI=1S/C20H22N4O3/c1-13-7-8-19(27-13)16-10-23(11-17(16)22-14(2)25)20(26)12-24-18-6-4-3-5-15(18)9-21-24/h3-9,16-17H,10-12H2,1-2H3,(H,22,25)/t16-,17-/m1/s1. The summed E-state index contributed by atoms with van der Waals surface area (Å²) in [6, 6.07) is 11.5. The van der Waals surface area contributed by atoms with Crippen LogP contribution in [0.2, 0.25) is 0 Å². The maximum Gasteiger partial charge on any atom is 0.244 e. The van der Waals surface area contributed by atoms with Gasteiger partial charge in [0.05, 0.1) is 23.7 Å². The first kappa shape index (κ1) is 17.3. The number of nitrogens with one attached hydrogen (secondary N) is 1. The first-order valence-corrected chi connectivity index (χ1v) is 9.03. The summed E-state index contributed by atoms with van der Waals surface area (Å²) < 4.78 is 7.48. The number of nitrogens with zero attached hydrogens (tertiary/aromatic N) is 3. The van der Waals surface area contributed by atoms with Crippen molar-refractivity contribution < 1.29 is 14.0 Å². The Bertz CT molecular complexity index is 990. The van der Waals surface area contributed by atoms with E-state index in [9.17, 15) is 9.59 Å². The van der Waals surface area contributed by atoms with Gasteiger partial charge in [-0.15, -0.1) is 0 Å². The van der Waals surface area contributed by atoms with Gasteiger partial charge in [0.25, 0.3) is 0 Å². The van der Waals surface area contributed by atoms with Gasteiger partial charge < -0.3 is 14.6 Å². The van der Waals surface area contributed by atoms with Crippen LogP contribution in [0.3, 0.4) is 0 Å². The van der Waals surface area contributed by atoms with Gasteiger partial charge in [-0.1, -0.05) is 18.2 Å². The average Bonchev–Trinajstić information content (AvgIpc) is 3.34. The van der Waals surface area contributed by atoms with Crippen molar-refractivity contribution in [3.05, 3.63) is 54.1 Å². The molecule has 2 atom stereocenters. The second kappa shape index (κ2) is 6.90. The minimum absolute atomic E-state index is 0.0232. The molecule has 1 aromatic carbocycles. The Labute approximate surface area is 156 Å². The van der Waals surface area contributed by atoms with Gasteiger partial charge in [-0.3, -0.25) is 14.3 Å². The first-order valence-electron chi connectivity index (χ1n) is 9.03. The molecule has 1 N–H and O–H groups in total. The van der Waals surface area contributed by atoms with E-state index in [2.05, 4.69) is 10.4 Å². The number of fused-ring (bicyclic) bond motifs is 1. The minimum atomic E-state index is -0.161. The van der Waals surface area contributed by atoms with Crippen LogP contribution in [-0.4, -0.2) is 45.6 Å². The molecule has 0 saturated carbocycles. The van der Waals surface area contributed by atoms with E-state index in [0.29, 0.717) is 13.1 Å². The molecule has 1 saturated heterocycles. The van der Waals surface area contributed by atoms with Crippen LogP contribution in [0.1, 0.15) is 24.4 Å². The van der Waals surface area contributed by atoms with Crippen LogP contribution in [0.25, 0.3) is 10.9 Å². The molecule has 7 nitrogen and oxygen atoms in total. The van der Waals surface area contributed by atoms with Crippen LogP contribution in [0, 0.1) is 6.92 Å². The quantitative estimate of drug-likeness (QED) is 0.766. The number of carbonyl (C=O) groups is 2. The Morgan fingerprint density at radius 2 is 2.04 bits per heavy atom. The highest BCUT2D eigenvalue weighted by atomic mass is 16.3. The molecule has 7 heteroatoms. The summed E-state index contributed by atoms with van der Waals surface area (Å²) in [4.78, 5) is 26.3. The van der Waals surface area contributed by atoms with Crippen molar-refractivity contribution in [2.75, 3.05) is 13.1 Å². The van der Waals surface area contributed by atoms with E-state index in [1.165, 1.54) is 6.92 Å². The van der Waals surface area contributed by atoms with Crippen molar-refractivity contribution in [3.8, 4) is 0 Å². The molecule has 0 aliphatic carbocycles. The van der Waals surface area contributed by atoms with Crippen molar-refractivity contribution in [1.29, 1.82) is 0 Å². The summed E-state index contributed by atoms with van der Waals surface area (Å²) in [5.74, 6) is 1.43. The SMILES string of the molecule is CC(=O)N[C@@H]1CN(C(=O)Cn2ncc3ccccc32)C[C@H]1c1ccc(C)o1. The van der Waals surface area contributed by atoms with Crippen LogP contribution in [0.5, 0.6) is 0 Å². The lowest BCUT2D eigenvalue weighted by molar-refractivity contribution is -0.131. The fourth-order valence-electron chi connectivity index (χ4n) is 3.74. The van der Waals surface area contributed by atoms with Crippen molar-refractivity contribution in [2.24, 2.45) is 0 Å². The molecule has 1 aliphatic rings. The number of aromatic nitrogens is 2. The van der Waals surface area contributed by atoms with E-state index in [1.54, 1.807) is 15.8 Å². The fraction of sp³-hybridized carbons (Fsp3) is 0.350. The molecule has 1 fully saturated rings. The van der Waals surface area contributed by atoms with E-state index >= 15 is 0 Å². The second-order valence-electron chi connectivity index (χ2n) is 7.02. The molecule has 4 rings (SSSR count). The predicted octanol–water partition coefficient (Wildman–Crippen LogP) is 2.07. The first-order chi connectivity index (χ1) is 13.0. The van der Waals surface area contributed by atoms with E-state index in [1.807, 2.05) is 43.3 Å². The van der Waals surface area contributed by atoms with Crippen molar-refractivity contribution in [1.82, 2.24) is 20.0 Å². The second-order valence-corrected chi connectivity index (χ2v) is 7.02. The van der Waals surface area contributed by atoms with E-state index < -0.39 is 0 Å². The number of hydrogen-bond acceptors (Lipinski definition) is 4. The number of benzene rings is 1. The van der Waals surface area contributed by atoms with Crippen molar-refractivity contribution in [3.63, 3.8) is 0 Å². The van der Waals surface area contributed by atoms with Crippen LogP contribution < -0.4 is 5.32 Å². The normalized spacial score (nSPS) is 19.6. The molecule has 0 spiro atoms. The third-order valence-electron chi connectivity index (χ3n) is 5.02. The molecule has 3 aromatic rings. The van der Waals surface area contributed by atoms with Crippen molar-refractivity contribution in [2.45, 2.75) is 32.4 Å². The summed E-state index contributed by atoms with van der Waals surface area (Å²) in [5.41, 5.74) is 0.932. The third-order valence-corrected chi connectivity index (χ3v) is 5.02. The molecule has 2 amide bonds. The van der Waals surface area contributed by atoms with Crippen molar-refractivity contribution >= 4 is 22.7 Å². The molecule has 140 valence electrons. The predicted molar refractivity (Wildman–Crippen MR) is 100 cm³/mol.